The second kappa shape index (κ2) is 7.07. The fraction of sp³-hybridized carbons (Fsp3) is 0.909. The maximum atomic E-state index is 10.7. The van der Waals surface area contributed by atoms with Crippen LogP contribution in [0.1, 0.15) is 34.1 Å². The number of hydrogen-bond acceptors (Lipinski definition) is 1. The van der Waals surface area contributed by atoms with E-state index in [1.807, 2.05) is 13.8 Å². The molecule has 0 aliphatic heterocycles. The average Bonchev–Trinajstić information content (AvgIpc) is 1.85. The normalized spacial score (nSPS) is 12.8. The summed E-state index contributed by atoms with van der Waals surface area (Å²) in [6.45, 7) is 8.86. The molecule has 0 radical (unpaired) electrons. The Morgan fingerprint density at radius 1 is 1.23 bits per heavy atom. The predicted octanol–water partition coefficient (Wildman–Crippen LogP) is 2.33. The molecular formula is C11H26NO+. The molecule has 0 N–H and O–H groups in total. The number of carbonyl (C=O) groups is 1. The Hall–Kier alpha value is -0.370. The second-order valence-corrected chi connectivity index (χ2v) is 4.48. The van der Waals surface area contributed by atoms with Gasteiger partial charge in [-0.15, -0.1) is 0 Å². The second-order valence-electron chi connectivity index (χ2n) is 4.48. The van der Waals surface area contributed by atoms with Gasteiger partial charge in [0.25, 0.3) is 0 Å². The molecule has 2 nitrogen and oxygen atoms in total. The summed E-state index contributed by atoms with van der Waals surface area (Å²) in [6.07, 6.45) is 0.718. The Balaban J connectivity index is 0. The minimum Gasteiger partial charge on any atom is -0.331 e. The average molecular weight is 188 g/mol. The number of carbonyl (C=O) groups excluding carboxylic acids is 1. The van der Waals surface area contributed by atoms with Crippen molar-refractivity contribution < 1.29 is 9.28 Å². The lowest BCUT2D eigenvalue weighted by atomic mass is 10.0. The van der Waals surface area contributed by atoms with Crippen molar-refractivity contribution in [2.24, 2.45) is 5.92 Å². The first-order valence-corrected chi connectivity index (χ1v) is 5.11. The Morgan fingerprint density at radius 3 is 1.85 bits per heavy atom. The van der Waals surface area contributed by atoms with Crippen molar-refractivity contribution >= 4 is 5.78 Å². The van der Waals surface area contributed by atoms with Crippen LogP contribution in [0.25, 0.3) is 0 Å². The number of quaternary nitrogens is 1. The third-order valence-electron chi connectivity index (χ3n) is 1.50. The van der Waals surface area contributed by atoms with Gasteiger partial charge in [0.2, 0.25) is 0 Å². The Bertz CT molecular complexity index is 136. The highest BCUT2D eigenvalue weighted by atomic mass is 16.1. The fourth-order valence-corrected chi connectivity index (χ4v) is 1.49. The van der Waals surface area contributed by atoms with Gasteiger partial charge in [-0.3, -0.25) is 0 Å². The van der Waals surface area contributed by atoms with E-state index in [0.29, 0.717) is 11.7 Å². The summed E-state index contributed by atoms with van der Waals surface area (Å²) in [4.78, 5) is 10.7. The molecule has 0 aromatic carbocycles. The molecule has 0 rings (SSSR count). The summed E-state index contributed by atoms with van der Waals surface area (Å²) in [6, 6.07) is 0. The molecule has 80 valence electrons. The van der Waals surface area contributed by atoms with E-state index in [4.69, 9.17) is 0 Å². The van der Waals surface area contributed by atoms with Crippen molar-refractivity contribution in [1.29, 1.82) is 0 Å². The molecule has 0 aromatic heterocycles. The number of ketones is 1. The highest BCUT2D eigenvalue weighted by Crippen LogP contribution is 2.06. The van der Waals surface area contributed by atoms with Crippen LogP contribution in [-0.2, 0) is 4.79 Å². The van der Waals surface area contributed by atoms with E-state index < -0.39 is 0 Å². The molecule has 0 saturated heterocycles. The van der Waals surface area contributed by atoms with Gasteiger partial charge < -0.3 is 9.28 Å². The summed E-state index contributed by atoms with van der Waals surface area (Å²) in [5.41, 5.74) is 0. The third kappa shape index (κ3) is 14.5. The van der Waals surface area contributed by atoms with Gasteiger partial charge in [-0.25, -0.2) is 0 Å². The van der Waals surface area contributed by atoms with Crippen LogP contribution in [0.15, 0.2) is 0 Å². The molecule has 0 spiro atoms. The quantitative estimate of drug-likeness (QED) is 0.619. The number of Topliss-reactive ketones (excluding diaryl/α,β-unsaturated/α-hetero) is 1. The van der Waals surface area contributed by atoms with Crippen molar-refractivity contribution in [2.75, 3.05) is 27.7 Å². The van der Waals surface area contributed by atoms with E-state index in [9.17, 15) is 4.79 Å². The summed E-state index contributed by atoms with van der Waals surface area (Å²) in [7, 11) is 6.45. The summed E-state index contributed by atoms with van der Waals surface area (Å²) in [5, 5.41) is 0. The standard InChI is InChI=1S/C9H20NO.C2H6/c1-8(6-9(2)11)7-10(3,4)5;1-2/h8H,6-7H2,1-5H3;1-2H3/q+1;. The molecule has 1 unspecified atom stereocenters. The SMILES string of the molecule is CC.CC(=O)CC(C)C[N+](C)(C)C. The molecule has 1 atom stereocenters. The number of rotatable bonds is 4. The maximum Gasteiger partial charge on any atom is 0.130 e. The van der Waals surface area contributed by atoms with E-state index in [2.05, 4.69) is 28.1 Å². The first kappa shape index (κ1) is 15.1. The first-order valence-electron chi connectivity index (χ1n) is 5.11. The van der Waals surface area contributed by atoms with Crippen LogP contribution in [-0.4, -0.2) is 38.0 Å². The molecular weight excluding hydrogens is 162 g/mol. The number of hydrogen-bond donors (Lipinski definition) is 0. The van der Waals surface area contributed by atoms with E-state index in [1.54, 1.807) is 6.92 Å². The predicted molar refractivity (Wildman–Crippen MR) is 58.7 cm³/mol. The minimum absolute atomic E-state index is 0.297. The molecule has 0 aromatic rings. The Kier molecular flexibility index (Phi) is 8.23. The summed E-state index contributed by atoms with van der Waals surface area (Å²) < 4.78 is 0.939. The van der Waals surface area contributed by atoms with Gasteiger partial charge >= 0.3 is 0 Å². The van der Waals surface area contributed by atoms with Gasteiger partial charge in [0.1, 0.15) is 5.78 Å². The largest absolute Gasteiger partial charge is 0.331 e. The van der Waals surface area contributed by atoms with Crippen LogP contribution >= 0.6 is 0 Å². The lowest BCUT2D eigenvalue weighted by Crippen LogP contribution is -2.38. The maximum absolute atomic E-state index is 10.7. The minimum atomic E-state index is 0.297. The van der Waals surface area contributed by atoms with Crippen LogP contribution in [0, 0.1) is 5.92 Å². The summed E-state index contributed by atoms with van der Waals surface area (Å²) >= 11 is 0. The van der Waals surface area contributed by atoms with Gasteiger partial charge in [-0.05, 0) is 6.92 Å². The van der Waals surface area contributed by atoms with Gasteiger partial charge in [0.15, 0.2) is 0 Å². The van der Waals surface area contributed by atoms with Crippen molar-refractivity contribution in [3.05, 3.63) is 0 Å². The zero-order valence-corrected chi connectivity index (χ0v) is 10.3. The van der Waals surface area contributed by atoms with E-state index in [1.165, 1.54) is 0 Å². The van der Waals surface area contributed by atoms with Gasteiger partial charge in [0.05, 0.1) is 27.7 Å². The zero-order valence-electron chi connectivity index (χ0n) is 10.3. The van der Waals surface area contributed by atoms with Crippen LogP contribution in [0.5, 0.6) is 0 Å². The van der Waals surface area contributed by atoms with Crippen molar-refractivity contribution in [3.63, 3.8) is 0 Å². The van der Waals surface area contributed by atoms with Crippen LogP contribution in [0.2, 0.25) is 0 Å². The molecule has 13 heavy (non-hydrogen) atoms. The van der Waals surface area contributed by atoms with E-state index in [0.717, 1.165) is 17.4 Å². The third-order valence-corrected chi connectivity index (χ3v) is 1.50. The van der Waals surface area contributed by atoms with Gasteiger partial charge in [0, 0.05) is 12.3 Å². The Morgan fingerprint density at radius 2 is 1.62 bits per heavy atom. The molecule has 0 aliphatic carbocycles. The van der Waals surface area contributed by atoms with Crippen LogP contribution in [0.3, 0.4) is 0 Å². The molecule has 0 saturated carbocycles. The molecule has 0 fully saturated rings. The van der Waals surface area contributed by atoms with E-state index >= 15 is 0 Å². The highest BCUT2D eigenvalue weighted by molar-refractivity contribution is 5.75. The van der Waals surface area contributed by atoms with E-state index in [-0.39, 0.29) is 0 Å². The van der Waals surface area contributed by atoms with Crippen LogP contribution < -0.4 is 0 Å². The first-order chi connectivity index (χ1) is 5.81. The van der Waals surface area contributed by atoms with Crippen molar-refractivity contribution in [3.8, 4) is 0 Å². The lowest BCUT2D eigenvalue weighted by Gasteiger charge is -2.26. The summed E-state index contributed by atoms with van der Waals surface area (Å²) in [5.74, 6) is 0.804. The monoisotopic (exact) mass is 188 g/mol. The molecule has 0 amide bonds. The Labute approximate surface area is 83.5 Å². The number of nitrogens with zero attached hydrogens (tertiary/aromatic N) is 1. The molecule has 2 heteroatoms. The lowest BCUT2D eigenvalue weighted by molar-refractivity contribution is -0.873. The molecule has 0 heterocycles. The van der Waals surface area contributed by atoms with Crippen molar-refractivity contribution in [2.45, 2.75) is 34.1 Å². The fourth-order valence-electron chi connectivity index (χ4n) is 1.49. The molecule has 0 bridgehead atoms. The smallest absolute Gasteiger partial charge is 0.130 e. The van der Waals surface area contributed by atoms with Crippen molar-refractivity contribution in [1.82, 2.24) is 0 Å². The van der Waals surface area contributed by atoms with Gasteiger partial charge in [-0.1, -0.05) is 20.8 Å². The topological polar surface area (TPSA) is 17.1 Å². The van der Waals surface area contributed by atoms with Crippen LogP contribution in [0.4, 0.5) is 0 Å². The molecule has 0 aliphatic rings. The zero-order chi connectivity index (χ0) is 11.1. The highest BCUT2D eigenvalue weighted by Gasteiger charge is 2.14. The van der Waals surface area contributed by atoms with Gasteiger partial charge in [-0.2, -0.15) is 0 Å².